The maximum absolute atomic E-state index is 4.16. The Kier molecular flexibility index (Phi) is 2.16. The fourth-order valence-electron chi connectivity index (χ4n) is 0.580. The maximum atomic E-state index is 4.16. The zero-order valence-corrected chi connectivity index (χ0v) is 6.40. The summed E-state index contributed by atoms with van der Waals surface area (Å²) < 4.78 is 0. The van der Waals surface area contributed by atoms with Gasteiger partial charge in [0.05, 0.1) is 0 Å². The van der Waals surface area contributed by atoms with Crippen LogP contribution in [0.25, 0.3) is 0 Å². The molecule has 1 atom stereocenters. The van der Waals surface area contributed by atoms with E-state index in [0.29, 0.717) is 0 Å². The van der Waals surface area contributed by atoms with Crippen molar-refractivity contribution in [2.75, 3.05) is 6.26 Å². The Bertz CT molecular complexity index is 151. The van der Waals surface area contributed by atoms with Crippen molar-refractivity contribution in [2.24, 2.45) is 4.99 Å². The zero-order valence-electron chi connectivity index (χ0n) is 5.59. The van der Waals surface area contributed by atoms with Gasteiger partial charge in [-0.25, -0.2) is 0 Å². The Labute approximate surface area is 59.4 Å². The average molecular weight is 142 g/mol. The summed E-state index contributed by atoms with van der Waals surface area (Å²) in [6, 6.07) is 0. The minimum absolute atomic E-state index is 0.251. The number of nitrogens with one attached hydrogen (secondary N) is 1. The Morgan fingerprint density at radius 2 is 2.56 bits per heavy atom. The van der Waals surface area contributed by atoms with Gasteiger partial charge in [-0.2, -0.15) is 0 Å². The fraction of sp³-hybridized carbons (Fsp3) is 0.500. The molecule has 1 aliphatic heterocycles. The number of nitrogens with zero attached hydrogens (tertiary/aromatic N) is 1. The van der Waals surface area contributed by atoms with Crippen LogP contribution in [0.3, 0.4) is 0 Å². The molecule has 0 aliphatic carbocycles. The summed E-state index contributed by atoms with van der Waals surface area (Å²) in [7, 11) is 0. The van der Waals surface area contributed by atoms with Gasteiger partial charge in [0.2, 0.25) is 0 Å². The summed E-state index contributed by atoms with van der Waals surface area (Å²) in [5, 5.41) is 3.10. The molecule has 0 bridgehead atoms. The monoisotopic (exact) mass is 142 g/mol. The summed E-state index contributed by atoms with van der Waals surface area (Å²) in [5.41, 5.74) is 0. The third kappa shape index (κ3) is 1.75. The van der Waals surface area contributed by atoms with Gasteiger partial charge in [0.1, 0.15) is 6.17 Å². The van der Waals surface area contributed by atoms with Gasteiger partial charge in [-0.05, 0) is 13.2 Å². The molecule has 3 heteroatoms. The second-order valence-corrected chi connectivity index (χ2v) is 2.75. The average Bonchev–Trinajstić information content (AvgIpc) is 1.90. The molecule has 0 aromatic heterocycles. The molecular weight excluding hydrogens is 132 g/mol. The molecule has 1 unspecified atom stereocenters. The molecule has 0 saturated carbocycles. The standard InChI is InChI=1S/C6H10N2S/c1-5-7-3-6(9-2)4-8-5/h3-5,7H,1-2H3. The first-order valence-corrected chi connectivity index (χ1v) is 4.09. The highest BCUT2D eigenvalue weighted by molar-refractivity contribution is 8.03. The highest BCUT2D eigenvalue weighted by Crippen LogP contribution is 2.09. The van der Waals surface area contributed by atoms with E-state index >= 15 is 0 Å². The van der Waals surface area contributed by atoms with Crippen LogP contribution >= 0.6 is 11.8 Å². The van der Waals surface area contributed by atoms with Gasteiger partial charge in [0.25, 0.3) is 0 Å². The van der Waals surface area contributed by atoms with Crippen molar-refractivity contribution in [3.8, 4) is 0 Å². The normalized spacial score (nSPS) is 25.1. The molecule has 2 nitrogen and oxygen atoms in total. The predicted molar refractivity (Wildman–Crippen MR) is 42.7 cm³/mol. The van der Waals surface area contributed by atoms with Crippen LogP contribution in [-0.2, 0) is 0 Å². The summed E-state index contributed by atoms with van der Waals surface area (Å²) >= 11 is 1.70. The second-order valence-electron chi connectivity index (χ2n) is 1.87. The van der Waals surface area contributed by atoms with Crippen LogP contribution in [0.15, 0.2) is 16.1 Å². The van der Waals surface area contributed by atoms with Crippen molar-refractivity contribution in [2.45, 2.75) is 13.1 Å². The van der Waals surface area contributed by atoms with E-state index in [1.54, 1.807) is 11.8 Å². The molecule has 0 aromatic carbocycles. The van der Waals surface area contributed by atoms with Crippen molar-refractivity contribution in [1.82, 2.24) is 5.32 Å². The molecule has 9 heavy (non-hydrogen) atoms. The second kappa shape index (κ2) is 2.92. The molecule has 0 saturated heterocycles. The van der Waals surface area contributed by atoms with Crippen molar-refractivity contribution in [3.63, 3.8) is 0 Å². The Morgan fingerprint density at radius 1 is 1.78 bits per heavy atom. The minimum atomic E-state index is 0.251. The summed E-state index contributed by atoms with van der Waals surface area (Å²) in [6.45, 7) is 2.02. The highest BCUT2D eigenvalue weighted by Gasteiger charge is 1.99. The van der Waals surface area contributed by atoms with Gasteiger partial charge < -0.3 is 5.32 Å². The van der Waals surface area contributed by atoms with Gasteiger partial charge in [0, 0.05) is 17.3 Å². The number of allylic oxidation sites excluding steroid dienone is 1. The van der Waals surface area contributed by atoms with E-state index in [9.17, 15) is 0 Å². The van der Waals surface area contributed by atoms with Crippen molar-refractivity contribution < 1.29 is 0 Å². The zero-order chi connectivity index (χ0) is 6.69. The third-order valence-corrected chi connectivity index (χ3v) is 1.82. The van der Waals surface area contributed by atoms with Crippen molar-refractivity contribution in [3.05, 3.63) is 11.1 Å². The van der Waals surface area contributed by atoms with Crippen LogP contribution in [0.4, 0.5) is 0 Å². The first-order valence-electron chi connectivity index (χ1n) is 2.86. The smallest absolute Gasteiger partial charge is 0.115 e. The molecule has 0 aromatic rings. The van der Waals surface area contributed by atoms with Crippen molar-refractivity contribution >= 4 is 18.0 Å². The fourth-order valence-corrected chi connectivity index (χ4v) is 0.932. The number of thioether (sulfide) groups is 1. The predicted octanol–water partition coefficient (Wildman–Crippen LogP) is 1.21. The van der Waals surface area contributed by atoms with E-state index < -0.39 is 0 Å². The Morgan fingerprint density at radius 3 is 3.00 bits per heavy atom. The molecule has 50 valence electrons. The Hall–Kier alpha value is -0.440. The maximum Gasteiger partial charge on any atom is 0.115 e. The quantitative estimate of drug-likeness (QED) is 0.595. The van der Waals surface area contributed by atoms with Crippen LogP contribution < -0.4 is 5.32 Å². The number of hydrogen-bond acceptors (Lipinski definition) is 3. The lowest BCUT2D eigenvalue weighted by Gasteiger charge is -2.11. The third-order valence-electron chi connectivity index (χ3n) is 1.13. The van der Waals surface area contributed by atoms with Crippen LogP contribution in [-0.4, -0.2) is 18.6 Å². The number of aliphatic imine (C=N–C) groups is 1. The van der Waals surface area contributed by atoms with Crippen LogP contribution in [0.5, 0.6) is 0 Å². The van der Waals surface area contributed by atoms with Gasteiger partial charge >= 0.3 is 0 Å². The lowest BCUT2D eigenvalue weighted by atomic mass is 10.5. The lowest BCUT2D eigenvalue weighted by molar-refractivity contribution is 0.669. The van der Waals surface area contributed by atoms with Crippen LogP contribution in [0.1, 0.15) is 6.92 Å². The summed E-state index contributed by atoms with van der Waals surface area (Å²) in [6.07, 6.45) is 6.17. The Balaban J connectivity index is 2.52. The lowest BCUT2D eigenvalue weighted by Crippen LogP contribution is -2.21. The SMILES string of the molecule is CSC1=CNC(C)N=C1. The van der Waals surface area contributed by atoms with E-state index in [-0.39, 0.29) is 6.17 Å². The van der Waals surface area contributed by atoms with Gasteiger partial charge in [-0.1, -0.05) is 0 Å². The molecule has 0 radical (unpaired) electrons. The molecule has 1 heterocycles. The number of rotatable bonds is 1. The van der Waals surface area contributed by atoms with Gasteiger partial charge in [-0.3, -0.25) is 4.99 Å². The summed E-state index contributed by atoms with van der Waals surface area (Å²) in [5.74, 6) is 0. The largest absolute Gasteiger partial charge is 0.369 e. The number of hydrogen-bond donors (Lipinski definition) is 1. The highest BCUT2D eigenvalue weighted by atomic mass is 32.2. The molecule has 1 rings (SSSR count). The van der Waals surface area contributed by atoms with Crippen molar-refractivity contribution in [1.29, 1.82) is 0 Å². The topological polar surface area (TPSA) is 24.4 Å². The molecule has 0 spiro atoms. The van der Waals surface area contributed by atoms with Crippen LogP contribution in [0.2, 0.25) is 0 Å². The first kappa shape index (κ1) is 6.68. The van der Waals surface area contributed by atoms with Crippen LogP contribution in [0, 0.1) is 0 Å². The summed E-state index contributed by atoms with van der Waals surface area (Å²) in [4.78, 5) is 5.34. The molecule has 0 fully saturated rings. The molecule has 0 amide bonds. The van der Waals surface area contributed by atoms with Gasteiger partial charge in [-0.15, -0.1) is 11.8 Å². The van der Waals surface area contributed by atoms with E-state index in [1.807, 2.05) is 25.6 Å². The van der Waals surface area contributed by atoms with E-state index in [2.05, 4.69) is 10.3 Å². The minimum Gasteiger partial charge on any atom is -0.369 e. The molecule has 1 N–H and O–H groups in total. The molecular formula is C6H10N2S. The van der Waals surface area contributed by atoms with E-state index in [4.69, 9.17) is 0 Å². The van der Waals surface area contributed by atoms with Gasteiger partial charge in [0.15, 0.2) is 0 Å². The first-order chi connectivity index (χ1) is 4.33. The molecule has 1 aliphatic rings. The van der Waals surface area contributed by atoms with E-state index in [0.717, 1.165) is 0 Å². The van der Waals surface area contributed by atoms with E-state index in [1.165, 1.54) is 4.91 Å².